The van der Waals surface area contributed by atoms with Gasteiger partial charge in [-0.05, 0) is 24.7 Å². The number of piperazine rings is 1. The lowest BCUT2D eigenvalue weighted by atomic mass is 10.2. The number of amides is 2. The Hall–Kier alpha value is -3.18. The third kappa shape index (κ3) is 6.52. The van der Waals surface area contributed by atoms with E-state index < -0.39 is 6.03 Å². The number of urea groups is 1. The van der Waals surface area contributed by atoms with Crippen molar-refractivity contribution in [1.29, 1.82) is 0 Å². The van der Waals surface area contributed by atoms with Crippen molar-refractivity contribution in [3.63, 3.8) is 0 Å². The fraction of sp³-hybridized carbons (Fsp3) is 0.346. The van der Waals surface area contributed by atoms with E-state index in [1.165, 1.54) is 31.5 Å². The van der Waals surface area contributed by atoms with E-state index in [9.17, 15) is 4.79 Å². The molecule has 2 aromatic carbocycles. The van der Waals surface area contributed by atoms with Crippen LogP contribution in [0.4, 0.5) is 33.5 Å². The largest absolute Gasteiger partial charge is 0.495 e. The Morgan fingerprint density at radius 3 is 2.26 bits per heavy atom. The van der Waals surface area contributed by atoms with Crippen molar-refractivity contribution < 1.29 is 14.3 Å². The summed E-state index contributed by atoms with van der Waals surface area (Å²) in [6, 6.07) is 8.53. The van der Waals surface area contributed by atoms with E-state index in [1.54, 1.807) is 13.1 Å². The Morgan fingerprint density at radius 1 is 1.00 bits per heavy atom. The first kappa shape index (κ1) is 28.8. The summed E-state index contributed by atoms with van der Waals surface area (Å²) in [6.07, 6.45) is 1.35. The molecule has 0 bridgehead atoms. The lowest BCUT2D eigenvalue weighted by molar-refractivity contribution is 0.258. The van der Waals surface area contributed by atoms with E-state index in [0.29, 0.717) is 33.8 Å². The summed E-state index contributed by atoms with van der Waals surface area (Å²) in [4.78, 5) is 27.6. The second-order valence-corrected chi connectivity index (χ2v) is 9.91. The molecule has 1 saturated heterocycles. The molecule has 0 saturated carbocycles. The summed E-state index contributed by atoms with van der Waals surface area (Å²) in [5.41, 5.74) is 1.92. The van der Waals surface area contributed by atoms with Crippen LogP contribution in [0.2, 0.25) is 15.1 Å². The molecule has 0 radical (unpaired) electrons. The maximum absolute atomic E-state index is 13.1. The molecule has 4 rings (SSSR count). The SMILES string of the molecule is CCN1CCN(c2ccc(Nc3cc(N(C)C(=O)Nc4c(Cl)c(OC)cc(OC)c4Cl)ncn3)c(Cl)c2)CC1. The summed E-state index contributed by atoms with van der Waals surface area (Å²) < 4.78 is 10.5. The number of methoxy groups -OCH3 is 2. The molecule has 39 heavy (non-hydrogen) atoms. The minimum absolute atomic E-state index is 0.139. The van der Waals surface area contributed by atoms with Crippen molar-refractivity contribution in [2.45, 2.75) is 6.92 Å². The first-order valence-electron chi connectivity index (χ1n) is 12.3. The number of nitrogens with zero attached hydrogens (tertiary/aromatic N) is 5. The predicted octanol–water partition coefficient (Wildman–Crippen LogP) is 6.01. The van der Waals surface area contributed by atoms with Crippen LogP contribution >= 0.6 is 34.8 Å². The molecule has 2 N–H and O–H groups in total. The van der Waals surface area contributed by atoms with E-state index in [0.717, 1.165) is 38.4 Å². The maximum atomic E-state index is 13.1. The zero-order chi connectivity index (χ0) is 28.1. The van der Waals surface area contributed by atoms with Gasteiger partial charge in [-0.3, -0.25) is 4.90 Å². The highest BCUT2D eigenvalue weighted by atomic mass is 35.5. The number of anilines is 5. The van der Waals surface area contributed by atoms with Crippen LogP contribution in [0.5, 0.6) is 11.5 Å². The van der Waals surface area contributed by atoms with Gasteiger partial charge in [0.05, 0.1) is 30.6 Å². The predicted molar refractivity (Wildman–Crippen MR) is 158 cm³/mol. The molecular weight excluding hydrogens is 565 g/mol. The van der Waals surface area contributed by atoms with Gasteiger partial charge in [0.2, 0.25) is 0 Å². The van der Waals surface area contributed by atoms with Gasteiger partial charge in [0.15, 0.2) is 0 Å². The number of hydrogen-bond acceptors (Lipinski definition) is 8. The Balaban J connectivity index is 1.47. The van der Waals surface area contributed by atoms with Gasteiger partial charge in [0, 0.05) is 51.0 Å². The molecule has 208 valence electrons. The topological polar surface area (TPSA) is 95.1 Å². The molecule has 0 aliphatic carbocycles. The second-order valence-electron chi connectivity index (χ2n) is 8.75. The van der Waals surface area contributed by atoms with Gasteiger partial charge < -0.3 is 29.9 Å². The van der Waals surface area contributed by atoms with Crippen molar-refractivity contribution in [3.8, 4) is 11.5 Å². The van der Waals surface area contributed by atoms with E-state index in [-0.39, 0.29) is 15.7 Å². The molecule has 0 spiro atoms. The molecule has 0 atom stereocenters. The highest BCUT2D eigenvalue weighted by Gasteiger charge is 2.22. The van der Waals surface area contributed by atoms with E-state index >= 15 is 0 Å². The fourth-order valence-electron chi connectivity index (χ4n) is 4.15. The van der Waals surface area contributed by atoms with Gasteiger partial charge in [-0.2, -0.15) is 0 Å². The number of ether oxygens (including phenoxy) is 2. The number of halogens is 3. The molecule has 1 aromatic heterocycles. The summed E-state index contributed by atoms with van der Waals surface area (Å²) in [6.45, 7) is 7.22. The Morgan fingerprint density at radius 2 is 1.67 bits per heavy atom. The first-order chi connectivity index (χ1) is 18.7. The normalized spacial score (nSPS) is 13.7. The van der Waals surface area contributed by atoms with Crippen LogP contribution in [0.25, 0.3) is 0 Å². The molecule has 2 heterocycles. The number of carbonyl (C=O) groups is 1. The van der Waals surface area contributed by atoms with Gasteiger partial charge in [-0.15, -0.1) is 0 Å². The number of likely N-dealkylation sites (N-methyl/N-ethyl adjacent to an activating group) is 1. The van der Waals surface area contributed by atoms with Crippen LogP contribution in [0.15, 0.2) is 36.7 Å². The smallest absolute Gasteiger partial charge is 0.327 e. The Labute approximate surface area is 242 Å². The molecule has 0 unspecified atom stereocenters. The average molecular weight is 595 g/mol. The molecule has 3 aromatic rings. The lowest BCUT2D eigenvalue weighted by Gasteiger charge is -2.35. The number of carbonyl (C=O) groups excluding carboxylic acids is 1. The fourth-order valence-corrected chi connectivity index (χ4v) is 4.97. The first-order valence-corrected chi connectivity index (χ1v) is 13.4. The molecular formula is C26H30Cl3N7O3. The number of aromatic nitrogens is 2. The molecule has 10 nitrogen and oxygen atoms in total. The number of benzene rings is 2. The Kier molecular flexibility index (Phi) is 9.45. The monoisotopic (exact) mass is 593 g/mol. The highest BCUT2D eigenvalue weighted by molar-refractivity contribution is 6.41. The van der Waals surface area contributed by atoms with Gasteiger partial charge in [-0.1, -0.05) is 41.7 Å². The van der Waals surface area contributed by atoms with Gasteiger partial charge >= 0.3 is 6.03 Å². The second kappa shape index (κ2) is 12.8. The van der Waals surface area contributed by atoms with Crippen LogP contribution in [0, 0.1) is 0 Å². The van der Waals surface area contributed by atoms with Crippen molar-refractivity contribution in [2.24, 2.45) is 0 Å². The maximum Gasteiger partial charge on any atom is 0.327 e. The number of rotatable bonds is 8. The molecule has 1 aliphatic rings. The van der Waals surface area contributed by atoms with E-state index in [1.807, 2.05) is 18.2 Å². The van der Waals surface area contributed by atoms with Crippen LogP contribution in [-0.4, -0.2) is 74.9 Å². The van der Waals surface area contributed by atoms with Crippen molar-refractivity contribution in [1.82, 2.24) is 14.9 Å². The van der Waals surface area contributed by atoms with E-state index in [2.05, 4.69) is 37.3 Å². The third-order valence-electron chi connectivity index (χ3n) is 6.51. The average Bonchev–Trinajstić information content (AvgIpc) is 2.96. The number of nitrogens with one attached hydrogen (secondary N) is 2. The zero-order valence-electron chi connectivity index (χ0n) is 22.1. The van der Waals surface area contributed by atoms with Crippen LogP contribution < -0.4 is 29.9 Å². The summed E-state index contributed by atoms with van der Waals surface area (Å²) >= 11 is 19.4. The van der Waals surface area contributed by atoms with Crippen LogP contribution in [0.3, 0.4) is 0 Å². The molecule has 1 aliphatic heterocycles. The minimum atomic E-state index is -0.538. The highest BCUT2D eigenvalue weighted by Crippen LogP contribution is 2.44. The number of hydrogen-bond donors (Lipinski definition) is 2. The summed E-state index contributed by atoms with van der Waals surface area (Å²) in [5.74, 6) is 1.39. The standard InChI is InChI=1S/C26H30Cl3N7O3/c1-5-35-8-10-36(11-9-35)16-6-7-18(17(27)12-16)32-21-14-22(31-15-30-21)34(2)26(37)33-25-23(28)19(38-3)13-20(39-4)24(25)29/h6-7,12-15H,5,8-11H2,1-4H3,(H,33,37)(H,30,31,32). The molecule has 1 fully saturated rings. The van der Waals surface area contributed by atoms with Crippen molar-refractivity contribution >= 4 is 69.5 Å². The Bertz CT molecular complexity index is 1310. The minimum Gasteiger partial charge on any atom is -0.495 e. The van der Waals surface area contributed by atoms with Gasteiger partial charge in [0.25, 0.3) is 0 Å². The van der Waals surface area contributed by atoms with Gasteiger partial charge in [0.1, 0.15) is 39.5 Å². The van der Waals surface area contributed by atoms with Crippen LogP contribution in [-0.2, 0) is 0 Å². The lowest BCUT2D eigenvalue weighted by Crippen LogP contribution is -2.46. The quantitative estimate of drug-likeness (QED) is 0.328. The third-order valence-corrected chi connectivity index (χ3v) is 7.57. The molecule has 13 heteroatoms. The summed E-state index contributed by atoms with van der Waals surface area (Å²) in [5, 5.41) is 6.75. The summed E-state index contributed by atoms with van der Waals surface area (Å²) in [7, 11) is 4.46. The van der Waals surface area contributed by atoms with Crippen LogP contribution in [0.1, 0.15) is 6.92 Å². The van der Waals surface area contributed by atoms with E-state index in [4.69, 9.17) is 44.3 Å². The van der Waals surface area contributed by atoms with Crippen molar-refractivity contribution in [3.05, 3.63) is 51.7 Å². The molecule has 2 amide bonds. The van der Waals surface area contributed by atoms with Gasteiger partial charge in [-0.25, -0.2) is 14.8 Å². The van der Waals surface area contributed by atoms with Crippen molar-refractivity contribution in [2.75, 3.05) is 74.4 Å². The zero-order valence-corrected chi connectivity index (χ0v) is 24.4.